The van der Waals surface area contributed by atoms with E-state index in [1.54, 1.807) is 23.1 Å². The predicted molar refractivity (Wildman–Crippen MR) is 124 cm³/mol. The van der Waals surface area contributed by atoms with Crippen molar-refractivity contribution in [2.45, 2.75) is 65.0 Å². The van der Waals surface area contributed by atoms with E-state index in [4.69, 9.17) is 14.2 Å². The van der Waals surface area contributed by atoms with Gasteiger partial charge in [0.1, 0.15) is 0 Å². The summed E-state index contributed by atoms with van der Waals surface area (Å²) in [7, 11) is -3.13. The molecule has 0 spiro atoms. The van der Waals surface area contributed by atoms with Crippen molar-refractivity contribution in [3.05, 3.63) is 23.8 Å². The number of benzene rings is 1. The summed E-state index contributed by atoms with van der Waals surface area (Å²) in [5.74, 6) is 0.450. The van der Waals surface area contributed by atoms with Crippen LogP contribution < -0.4 is 9.47 Å². The maximum atomic E-state index is 13.0. The molecule has 9 heteroatoms. The number of carbonyl (C=O) groups excluding carboxylic acids is 2. The Labute approximate surface area is 196 Å². The highest BCUT2D eigenvalue weighted by molar-refractivity contribution is 7.91. The second-order valence-electron chi connectivity index (χ2n) is 9.17. The average molecular weight is 482 g/mol. The highest BCUT2D eigenvalue weighted by atomic mass is 32.2. The summed E-state index contributed by atoms with van der Waals surface area (Å²) in [6, 6.07) is 4.48. The van der Waals surface area contributed by atoms with Gasteiger partial charge in [0.05, 0.1) is 30.3 Å². The van der Waals surface area contributed by atoms with Gasteiger partial charge in [0, 0.05) is 12.1 Å². The third kappa shape index (κ3) is 6.85. The first kappa shape index (κ1) is 25.3. The van der Waals surface area contributed by atoms with Gasteiger partial charge < -0.3 is 19.1 Å². The van der Waals surface area contributed by atoms with Crippen LogP contribution >= 0.6 is 0 Å². The van der Waals surface area contributed by atoms with Crippen LogP contribution in [0.25, 0.3) is 0 Å². The molecule has 0 radical (unpaired) electrons. The molecule has 1 aromatic carbocycles. The van der Waals surface area contributed by atoms with Gasteiger partial charge in [0.15, 0.2) is 27.9 Å². The van der Waals surface area contributed by atoms with Gasteiger partial charge in [-0.2, -0.15) is 0 Å². The van der Waals surface area contributed by atoms with E-state index in [-0.39, 0.29) is 35.1 Å². The van der Waals surface area contributed by atoms with Crippen LogP contribution in [0, 0.1) is 5.92 Å². The van der Waals surface area contributed by atoms with Crippen LogP contribution in [0.3, 0.4) is 0 Å². The Morgan fingerprint density at radius 2 is 1.79 bits per heavy atom. The zero-order chi connectivity index (χ0) is 24.0. The van der Waals surface area contributed by atoms with Gasteiger partial charge in [-0.25, -0.2) is 13.2 Å². The Morgan fingerprint density at radius 3 is 2.39 bits per heavy atom. The van der Waals surface area contributed by atoms with Crippen molar-refractivity contribution in [3.63, 3.8) is 0 Å². The molecule has 1 atom stereocenters. The van der Waals surface area contributed by atoms with E-state index in [1.807, 2.05) is 20.8 Å². The van der Waals surface area contributed by atoms with E-state index in [2.05, 4.69) is 0 Å². The number of rotatable bonds is 10. The van der Waals surface area contributed by atoms with Crippen molar-refractivity contribution in [1.29, 1.82) is 0 Å². The maximum absolute atomic E-state index is 13.0. The molecule has 1 aliphatic heterocycles. The van der Waals surface area contributed by atoms with Gasteiger partial charge in [-0.3, -0.25) is 4.79 Å². The molecule has 0 bridgehead atoms. The number of sulfone groups is 1. The van der Waals surface area contributed by atoms with E-state index in [1.165, 1.54) is 0 Å². The molecule has 0 unspecified atom stereocenters. The molecule has 0 N–H and O–H groups in total. The molecular weight excluding hydrogens is 446 g/mol. The van der Waals surface area contributed by atoms with E-state index >= 15 is 0 Å². The van der Waals surface area contributed by atoms with Crippen LogP contribution in [0.15, 0.2) is 18.2 Å². The lowest BCUT2D eigenvalue weighted by Gasteiger charge is -2.33. The highest BCUT2D eigenvalue weighted by Gasteiger charge is 2.39. The lowest BCUT2D eigenvalue weighted by molar-refractivity contribution is -0.139. The molecule has 1 saturated carbocycles. The Bertz CT molecular complexity index is 938. The predicted octanol–water partition coefficient (Wildman–Crippen LogP) is 3.24. The second-order valence-corrected chi connectivity index (χ2v) is 11.4. The Balaban J connectivity index is 1.66. The van der Waals surface area contributed by atoms with Crippen LogP contribution in [-0.2, 0) is 19.4 Å². The van der Waals surface area contributed by atoms with Gasteiger partial charge in [-0.15, -0.1) is 0 Å². The zero-order valence-electron chi connectivity index (χ0n) is 19.7. The van der Waals surface area contributed by atoms with E-state index in [0.29, 0.717) is 37.1 Å². The van der Waals surface area contributed by atoms with Gasteiger partial charge in [-0.05, 0) is 50.3 Å². The fourth-order valence-electron chi connectivity index (χ4n) is 4.45. The Morgan fingerprint density at radius 1 is 1.06 bits per heavy atom. The molecule has 0 aromatic heterocycles. The van der Waals surface area contributed by atoms with Gasteiger partial charge in [0.25, 0.3) is 5.91 Å². The number of hydrogen-bond acceptors (Lipinski definition) is 7. The number of amides is 1. The molecule has 8 nitrogen and oxygen atoms in total. The Hall–Kier alpha value is -2.29. The molecule has 1 saturated heterocycles. The fraction of sp³-hybridized carbons (Fsp3) is 0.667. The van der Waals surface area contributed by atoms with Crippen LogP contribution in [0.2, 0.25) is 0 Å². The quantitative estimate of drug-likeness (QED) is 0.473. The molecule has 2 aliphatic rings. The monoisotopic (exact) mass is 481 g/mol. The smallest absolute Gasteiger partial charge is 0.338 e. The fourth-order valence-corrected chi connectivity index (χ4v) is 6.16. The zero-order valence-corrected chi connectivity index (χ0v) is 20.6. The lowest BCUT2D eigenvalue weighted by Crippen LogP contribution is -2.48. The molecule has 184 valence electrons. The molecule has 1 aliphatic carbocycles. The SMILES string of the molecule is CCOc1cc(C(=O)OCC(=O)N(C2CCCC2)[C@@H]2CCS(=O)(=O)C2)ccc1OCC(C)C. The number of esters is 1. The third-order valence-electron chi connectivity index (χ3n) is 5.99. The number of ether oxygens (including phenoxy) is 3. The highest BCUT2D eigenvalue weighted by Crippen LogP contribution is 2.31. The van der Waals surface area contributed by atoms with Crippen molar-refractivity contribution in [2.24, 2.45) is 5.92 Å². The maximum Gasteiger partial charge on any atom is 0.338 e. The summed E-state index contributed by atoms with van der Waals surface area (Å²) in [6.07, 6.45) is 4.17. The van der Waals surface area contributed by atoms with E-state index < -0.39 is 22.4 Å². The van der Waals surface area contributed by atoms with Crippen LogP contribution in [0.5, 0.6) is 11.5 Å². The standard InChI is InChI=1S/C24H35NO7S/c1-4-30-22-13-18(9-10-21(22)31-14-17(2)3)24(27)32-15-23(26)25(19-7-5-6-8-19)20-11-12-33(28,29)16-20/h9-10,13,17,19-20H,4-8,11-12,14-16H2,1-3H3/t20-/m1/s1. The van der Waals surface area contributed by atoms with Crippen LogP contribution in [0.4, 0.5) is 0 Å². The minimum absolute atomic E-state index is 0.0106. The summed E-state index contributed by atoms with van der Waals surface area (Å²) in [5, 5.41) is 0. The van der Waals surface area contributed by atoms with Crippen LogP contribution in [-0.4, -0.2) is 68.6 Å². The van der Waals surface area contributed by atoms with Gasteiger partial charge in [0.2, 0.25) is 0 Å². The summed E-state index contributed by atoms with van der Waals surface area (Å²) < 4.78 is 40.7. The molecule has 2 fully saturated rings. The molecule has 1 amide bonds. The molecule has 33 heavy (non-hydrogen) atoms. The first-order valence-electron chi connectivity index (χ1n) is 11.8. The van der Waals surface area contributed by atoms with Crippen molar-refractivity contribution < 1.29 is 32.2 Å². The van der Waals surface area contributed by atoms with E-state index in [0.717, 1.165) is 25.7 Å². The Kier molecular flexibility index (Phi) is 8.62. The van der Waals surface area contributed by atoms with Crippen molar-refractivity contribution >= 4 is 21.7 Å². The van der Waals surface area contributed by atoms with Crippen molar-refractivity contribution in [1.82, 2.24) is 4.90 Å². The van der Waals surface area contributed by atoms with Crippen molar-refractivity contribution in [3.8, 4) is 11.5 Å². The molecule has 3 rings (SSSR count). The molecule has 1 heterocycles. The number of carbonyl (C=O) groups is 2. The van der Waals surface area contributed by atoms with Gasteiger partial charge in [-0.1, -0.05) is 26.7 Å². The largest absolute Gasteiger partial charge is 0.490 e. The second kappa shape index (κ2) is 11.2. The third-order valence-corrected chi connectivity index (χ3v) is 7.74. The summed E-state index contributed by atoms with van der Waals surface area (Å²) >= 11 is 0. The summed E-state index contributed by atoms with van der Waals surface area (Å²) in [6.45, 7) is 6.44. The number of nitrogens with zero attached hydrogens (tertiary/aromatic N) is 1. The number of hydrogen-bond donors (Lipinski definition) is 0. The van der Waals surface area contributed by atoms with Crippen LogP contribution in [0.1, 0.15) is 63.2 Å². The van der Waals surface area contributed by atoms with Gasteiger partial charge >= 0.3 is 5.97 Å². The minimum atomic E-state index is -3.13. The molecule has 1 aromatic rings. The first-order valence-corrected chi connectivity index (χ1v) is 13.6. The first-order chi connectivity index (χ1) is 15.7. The minimum Gasteiger partial charge on any atom is -0.490 e. The summed E-state index contributed by atoms with van der Waals surface area (Å²) in [5.41, 5.74) is 0.263. The average Bonchev–Trinajstić information content (AvgIpc) is 3.41. The lowest BCUT2D eigenvalue weighted by atomic mass is 10.1. The molecular formula is C24H35NO7S. The normalized spacial score (nSPS) is 20.1. The topological polar surface area (TPSA) is 99.2 Å². The van der Waals surface area contributed by atoms with Crippen molar-refractivity contribution in [2.75, 3.05) is 31.3 Å². The van der Waals surface area contributed by atoms with E-state index in [9.17, 15) is 18.0 Å². The summed E-state index contributed by atoms with van der Waals surface area (Å²) in [4.78, 5) is 27.4.